The highest BCUT2D eigenvalue weighted by atomic mass is 15.2. The van der Waals surface area contributed by atoms with Crippen LogP contribution in [0.5, 0.6) is 0 Å². The number of nitrogens with zero attached hydrogens (tertiary/aromatic N) is 1. The number of nitrogens with one attached hydrogen (secondary N) is 1. The molecule has 1 aliphatic heterocycles. The molecule has 0 saturated carbocycles. The summed E-state index contributed by atoms with van der Waals surface area (Å²) < 4.78 is 30.5. The third-order valence-electron chi connectivity index (χ3n) is 1.84. The zero-order valence-electron chi connectivity index (χ0n) is 10.7. The average molecular weight is 166 g/mol. The van der Waals surface area contributed by atoms with Gasteiger partial charge in [0.1, 0.15) is 0 Å². The summed E-state index contributed by atoms with van der Waals surface area (Å²) in [5, 5.41) is 2.36. The molecule has 0 unspecified atom stereocenters. The van der Waals surface area contributed by atoms with Gasteiger partial charge in [-0.15, -0.1) is 0 Å². The van der Waals surface area contributed by atoms with Gasteiger partial charge in [-0.3, -0.25) is 0 Å². The van der Waals surface area contributed by atoms with E-state index in [9.17, 15) is 0 Å². The van der Waals surface area contributed by atoms with Crippen molar-refractivity contribution in [3.05, 3.63) is 30.3 Å². The van der Waals surface area contributed by atoms with E-state index in [2.05, 4.69) is 5.32 Å². The molecule has 0 spiro atoms. The van der Waals surface area contributed by atoms with Gasteiger partial charge in [-0.1, -0.05) is 18.2 Å². The van der Waals surface area contributed by atoms with Crippen LogP contribution in [0, 0.1) is 0 Å². The lowest BCUT2D eigenvalue weighted by molar-refractivity contribution is 0.589. The van der Waals surface area contributed by atoms with E-state index >= 15 is 0 Å². The SMILES string of the molecule is [2H]C1([2H])CN(c2ccccc2)CC([2H])([2H])N1. The molecule has 1 fully saturated rings. The van der Waals surface area contributed by atoms with E-state index in [0.717, 1.165) is 5.69 Å². The molecule has 1 aliphatic rings. The van der Waals surface area contributed by atoms with Crippen molar-refractivity contribution in [3.8, 4) is 0 Å². The fraction of sp³-hybridized carbons (Fsp3) is 0.400. The minimum Gasteiger partial charge on any atom is -0.369 e. The molecule has 0 radical (unpaired) electrons. The maximum Gasteiger partial charge on any atom is 0.0446 e. The van der Waals surface area contributed by atoms with Gasteiger partial charge in [0.15, 0.2) is 0 Å². The molecule has 2 nitrogen and oxygen atoms in total. The Kier molecular flexibility index (Phi) is 1.28. The summed E-state index contributed by atoms with van der Waals surface area (Å²) in [5.41, 5.74) is 0.844. The minimum absolute atomic E-state index is 0.149. The highest BCUT2D eigenvalue weighted by molar-refractivity contribution is 5.46. The molecule has 12 heavy (non-hydrogen) atoms. The van der Waals surface area contributed by atoms with Gasteiger partial charge in [0.25, 0.3) is 0 Å². The highest BCUT2D eigenvalue weighted by Crippen LogP contribution is 2.12. The molecule has 0 amide bonds. The molecule has 0 atom stereocenters. The summed E-state index contributed by atoms with van der Waals surface area (Å²) in [7, 11) is 0. The van der Waals surface area contributed by atoms with Crippen molar-refractivity contribution in [2.24, 2.45) is 0 Å². The fourth-order valence-electron chi connectivity index (χ4n) is 1.21. The Balaban J connectivity index is 2.23. The van der Waals surface area contributed by atoms with Crippen LogP contribution in [0.15, 0.2) is 30.3 Å². The Morgan fingerprint density at radius 3 is 2.50 bits per heavy atom. The number of rotatable bonds is 1. The second-order valence-corrected chi connectivity index (χ2v) is 2.67. The first-order valence-electron chi connectivity index (χ1n) is 5.97. The van der Waals surface area contributed by atoms with Crippen LogP contribution in [-0.2, 0) is 0 Å². The van der Waals surface area contributed by atoms with Gasteiger partial charge in [-0.05, 0) is 12.1 Å². The first-order valence-corrected chi connectivity index (χ1v) is 3.97. The van der Waals surface area contributed by atoms with Crippen molar-refractivity contribution in [2.45, 2.75) is 0 Å². The molecular formula is C10H14N2. The maximum atomic E-state index is 7.64. The third-order valence-corrected chi connectivity index (χ3v) is 1.84. The highest BCUT2D eigenvalue weighted by Gasteiger charge is 2.08. The maximum absolute atomic E-state index is 7.64. The molecule has 0 aliphatic carbocycles. The zero-order chi connectivity index (χ0) is 11.8. The van der Waals surface area contributed by atoms with Crippen LogP contribution in [0.2, 0.25) is 0 Å². The predicted molar refractivity (Wildman–Crippen MR) is 51.5 cm³/mol. The van der Waals surface area contributed by atoms with Crippen LogP contribution >= 0.6 is 0 Å². The van der Waals surface area contributed by atoms with Crippen LogP contribution < -0.4 is 10.2 Å². The number of hydrogen-bond donors (Lipinski definition) is 1. The van der Waals surface area contributed by atoms with E-state index in [1.807, 2.05) is 30.3 Å². The minimum atomic E-state index is -1.71. The van der Waals surface area contributed by atoms with E-state index in [0.29, 0.717) is 0 Å². The lowest BCUT2D eigenvalue weighted by atomic mass is 10.2. The van der Waals surface area contributed by atoms with Crippen LogP contribution in [0.3, 0.4) is 0 Å². The zero-order valence-corrected chi connectivity index (χ0v) is 6.75. The van der Waals surface area contributed by atoms with Crippen LogP contribution in [0.25, 0.3) is 0 Å². The van der Waals surface area contributed by atoms with Gasteiger partial charge in [0, 0.05) is 37.3 Å². The molecule has 64 valence electrons. The summed E-state index contributed by atoms with van der Waals surface area (Å²) in [4.78, 5) is 1.72. The first kappa shape index (κ1) is 4.28. The van der Waals surface area contributed by atoms with E-state index in [1.54, 1.807) is 4.90 Å². The van der Waals surface area contributed by atoms with Crippen LogP contribution in [-0.4, -0.2) is 26.1 Å². The molecule has 1 heterocycles. The summed E-state index contributed by atoms with van der Waals surface area (Å²) in [5.74, 6) is 0. The molecular weight excluding hydrogens is 148 g/mol. The number of piperazine rings is 1. The second-order valence-electron chi connectivity index (χ2n) is 2.67. The Morgan fingerprint density at radius 2 is 1.83 bits per heavy atom. The van der Waals surface area contributed by atoms with Crippen LogP contribution in [0.1, 0.15) is 5.48 Å². The van der Waals surface area contributed by atoms with Gasteiger partial charge in [0.05, 0.1) is 0 Å². The van der Waals surface area contributed by atoms with Crippen molar-refractivity contribution in [2.75, 3.05) is 31.0 Å². The normalized spacial score (nSPS) is 31.2. The first-order chi connectivity index (χ1) is 7.38. The Bertz CT molecular complexity index is 350. The largest absolute Gasteiger partial charge is 0.369 e. The Labute approximate surface area is 78.8 Å². The van der Waals surface area contributed by atoms with E-state index < -0.39 is 13.0 Å². The summed E-state index contributed by atoms with van der Waals surface area (Å²) in [6.07, 6.45) is 0. The quantitative estimate of drug-likeness (QED) is 0.672. The molecule has 1 saturated heterocycles. The predicted octanol–water partition coefficient (Wildman–Crippen LogP) is 1.10. The van der Waals surface area contributed by atoms with Crippen molar-refractivity contribution in [1.29, 1.82) is 0 Å². The molecule has 2 heteroatoms. The van der Waals surface area contributed by atoms with Gasteiger partial charge in [-0.2, -0.15) is 0 Å². The fourth-order valence-corrected chi connectivity index (χ4v) is 1.21. The summed E-state index contributed by atoms with van der Waals surface area (Å²) in [6, 6.07) is 9.33. The van der Waals surface area contributed by atoms with Gasteiger partial charge in [-0.25, -0.2) is 0 Å². The molecule has 0 aromatic heterocycles. The van der Waals surface area contributed by atoms with Crippen molar-refractivity contribution in [1.82, 2.24) is 5.32 Å². The lowest BCUT2D eigenvalue weighted by Crippen LogP contribution is -2.43. The Hall–Kier alpha value is -1.02. The molecule has 2 rings (SSSR count). The number of benzene rings is 1. The average Bonchev–Trinajstić information content (AvgIpc) is 2.14. The smallest absolute Gasteiger partial charge is 0.0446 e. The standard InChI is InChI=1S/C10H14N2/c1-2-4-10(5-3-1)12-8-6-11-7-9-12/h1-5,11H,6-9H2/i6D2,7D2. The van der Waals surface area contributed by atoms with E-state index in [-0.39, 0.29) is 13.1 Å². The van der Waals surface area contributed by atoms with E-state index in [4.69, 9.17) is 5.48 Å². The monoisotopic (exact) mass is 166 g/mol. The van der Waals surface area contributed by atoms with Gasteiger partial charge in [0.2, 0.25) is 0 Å². The van der Waals surface area contributed by atoms with Gasteiger partial charge >= 0.3 is 0 Å². The molecule has 0 bridgehead atoms. The van der Waals surface area contributed by atoms with Crippen molar-refractivity contribution in [3.63, 3.8) is 0 Å². The third kappa shape index (κ3) is 1.59. The number of hydrogen-bond acceptors (Lipinski definition) is 2. The van der Waals surface area contributed by atoms with Gasteiger partial charge < -0.3 is 10.2 Å². The van der Waals surface area contributed by atoms with Crippen molar-refractivity contribution < 1.29 is 5.48 Å². The topological polar surface area (TPSA) is 15.3 Å². The lowest BCUT2D eigenvalue weighted by Gasteiger charge is -2.29. The molecule has 1 aromatic rings. The summed E-state index contributed by atoms with van der Waals surface area (Å²) >= 11 is 0. The molecule has 1 aromatic carbocycles. The Morgan fingerprint density at radius 1 is 1.17 bits per heavy atom. The second kappa shape index (κ2) is 3.59. The van der Waals surface area contributed by atoms with E-state index in [1.165, 1.54) is 0 Å². The van der Waals surface area contributed by atoms with Crippen molar-refractivity contribution >= 4 is 5.69 Å². The van der Waals surface area contributed by atoms with Crippen LogP contribution in [0.4, 0.5) is 5.69 Å². The number of anilines is 1. The number of para-hydroxylation sites is 1. The summed E-state index contributed by atoms with van der Waals surface area (Å²) in [6.45, 7) is -3.12. The molecule has 1 N–H and O–H groups in total.